The number of benzene rings is 3. The van der Waals surface area contributed by atoms with Gasteiger partial charge in [-0.3, -0.25) is 14.4 Å². The summed E-state index contributed by atoms with van der Waals surface area (Å²) in [5.74, 6) is -1.76. The minimum atomic E-state index is -4.54. The minimum absolute atomic E-state index is 0.0373. The van der Waals surface area contributed by atoms with Crippen LogP contribution in [-0.4, -0.2) is 17.7 Å². The number of halogens is 3. The van der Waals surface area contributed by atoms with E-state index in [-0.39, 0.29) is 22.4 Å². The fourth-order valence-corrected chi connectivity index (χ4v) is 3.54. The van der Waals surface area contributed by atoms with Crippen LogP contribution in [0, 0.1) is 13.8 Å². The summed E-state index contributed by atoms with van der Waals surface area (Å²) in [6, 6.07) is 13.7. The Balaban J connectivity index is 1.63. The van der Waals surface area contributed by atoms with Crippen LogP contribution in [-0.2, 0) is 6.18 Å². The Bertz CT molecular complexity index is 1280. The third-order valence-corrected chi connectivity index (χ3v) is 5.20. The highest BCUT2D eigenvalue weighted by Crippen LogP contribution is 2.33. The first-order chi connectivity index (χ1) is 15.1. The SMILES string of the molecule is Cc1ccc(C)c(N2C(=O)c3ccc(C(=O)Nc4cccc(C(F)(F)F)c4)cc3C2=O)c1. The maximum absolute atomic E-state index is 13.0. The number of nitrogens with zero attached hydrogens (tertiary/aromatic N) is 1. The van der Waals surface area contributed by atoms with Crippen LogP contribution in [0.1, 0.15) is 47.8 Å². The van der Waals surface area contributed by atoms with E-state index in [1.807, 2.05) is 19.1 Å². The molecule has 1 aliphatic heterocycles. The first-order valence-electron chi connectivity index (χ1n) is 9.65. The third kappa shape index (κ3) is 3.75. The summed E-state index contributed by atoms with van der Waals surface area (Å²) in [5, 5.41) is 2.40. The molecule has 32 heavy (non-hydrogen) atoms. The molecule has 3 aromatic carbocycles. The monoisotopic (exact) mass is 438 g/mol. The van der Waals surface area contributed by atoms with E-state index >= 15 is 0 Å². The molecule has 0 spiro atoms. The van der Waals surface area contributed by atoms with Gasteiger partial charge in [0.2, 0.25) is 0 Å². The van der Waals surface area contributed by atoms with Gasteiger partial charge in [0.05, 0.1) is 22.4 Å². The van der Waals surface area contributed by atoms with Crippen LogP contribution in [0.3, 0.4) is 0 Å². The number of hydrogen-bond acceptors (Lipinski definition) is 3. The molecule has 3 amide bonds. The number of rotatable bonds is 3. The van der Waals surface area contributed by atoms with Gasteiger partial charge >= 0.3 is 6.18 Å². The minimum Gasteiger partial charge on any atom is -0.322 e. The number of alkyl halides is 3. The average molecular weight is 438 g/mol. The molecule has 162 valence electrons. The Hall–Kier alpha value is -3.94. The fourth-order valence-electron chi connectivity index (χ4n) is 3.54. The average Bonchev–Trinajstić information content (AvgIpc) is 2.99. The van der Waals surface area contributed by atoms with Crippen molar-refractivity contribution in [3.63, 3.8) is 0 Å². The van der Waals surface area contributed by atoms with Crippen molar-refractivity contribution in [2.24, 2.45) is 0 Å². The Kier molecular flexibility index (Phi) is 5.08. The number of amides is 3. The molecular formula is C24H17F3N2O3. The lowest BCUT2D eigenvalue weighted by molar-refractivity contribution is -0.137. The zero-order chi connectivity index (χ0) is 23.2. The predicted octanol–water partition coefficient (Wildman–Crippen LogP) is 5.38. The quantitative estimate of drug-likeness (QED) is 0.559. The molecule has 0 unspecified atom stereocenters. The number of imide groups is 1. The fraction of sp³-hybridized carbons (Fsp3) is 0.125. The van der Waals surface area contributed by atoms with Gasteiger partial charge in [-0.2, -0.15) is 13.2 Å². The van der Waals surface area contributed by atoms with Gasteiger partial charge in [-0.05, 0) is 67.4 Å². The van der Waals surface area contributed by atoms with Crippen LogP contribution in [0.4, 0.5) is 24.5 Å². The van der Waals surface area contributed by atoms with Crippen LogP contribution in [0.2, 0.25) is 0 Å². The van der Waals surface area contributed by atoms with Gasteiger partial charge in [-0.1, -0.05) is 18.2 Å². The molecule has 5 nitrogen and oxygen atoms in total. The first kappa shape index (κ1) is 21.3. The highest BCUT2D eigenvalue weighted by Gasteiger charge is 2.38. The Morgan fingerprint density at radius 2 is 1.59 bits per heavy atom. The van der Waals surface area contributed by atoms with Crippen molar-refractivity contribution in [1.82, 2.24) is 0 Å². The van der Waals surface area contributed by atoms with Gasteiger partial charge in [-0.25, -0.2) is 4.90 Å². The molecule has 0 aromatic heterocycles. The van der Waals surface area contributed by atoms with E-state index in [4.69, 9.17) is 0 Å². The number of aryl methyl sites for hydroxylation is 2. The number of nitrogens with one attached hydrogen (secondary N) is 1. The van der Waals surface area contributed by atoms with Crippen molar-refractivity contribution in [3.8, 4) is 0 Å². The molecule has 0 bridgehead atoms. The molecule has 0 saturated heterocycles. The van der Waals surface area contributed by atoms with E-state index < -0.39 is 29.5 Å². The van der Waals surface area contributed by atoms with Crippen LogP contribution >= 0.6 is 0 Å². The van der Waals surface area contributed by atoms with E-state index in [9.17, 15) is 27.6 Å². The third-order valence-electron chi connectivity index (χ3n) is 5.20. The topological polar surface area (TPSA) is 66.5 Å². The van der Waals surface area contributed by atoms with Crippen molar-refractivity contribution < 1.29 is 27.6 Å². The maximum Gasteiger partial charge on any atom is 0.416 e. The van der Waals surface area contributed by atoms with Gasteiger partial charge in [0.25, 0.3) is 17.7 Å². The number of anilines is 2. The summed E-state index contributed by atoms with van der Waals surface area (Å²) in [6.07, 6.45) is -4.54. The van der Waals surface area contributed by atoms with Crippen LogP contribution in [0.15, 0.2) is 60.7 Å². The van der Waals surface area contributed by atoms with Gasteiger partial charge < -0.3 is 5.32 Å². The lowest BCUT2D eigenvalue weighted by Gasteiger charge is -2.17. The molecule has 1 aliphatic rings. The Morgan fingerprint density at radius 1 is 0.875 bits per heavy atom. The molecule has 1 N–H and O–H groups in total. The van der Waals surface area contributed by atoms with E-state index in [2.05, 4.69) is 5.32 Å². The van der Waals surface area contributed by atoms with Gasteiger partial charge in [0, 0.05) is 11.3 Å². The molecule has 3 aromatic rings. The summed E-state index contributed by atoms with van der Waals surface area (Å²) in [5.41, 5.74) is 1.42. The second-order valence-electron chi connectivity index (χ2n) is 7.53. The molecule has 0 atom stereocenters. The molecular weight excluding hydrogens is 421 g/mol. The van der Waals surface area contributed by atoms with Gasteiger partial charge in [-0.15, -0.1) is 0 Å². The molecule has 0 radical (unpaired) electrons. The largest absolute Gasteiger partial charge is 0.416 e. The zero-order valence-electron chi connectivity index (χ0n) is 17.1. The number of carbonyl (C=O) groups is 3. The van der Waals surface area contributed by atoms with Crippen molar-refractivity contribution in [2.45, 2.75) is 20.0 Å². The number of fused-ring (bicyclic) bond motifs is 1. The summed E-state index contributed by atoms with van der Waals surface area (Å²) < 4.78 is 38.7. The smallest absolute Gasteiger partial charge is 0.322 e. The molecule has 0 fully saturated rings. The zero-order valence-corrected chi connectivity index (χ0v) is 17.1. The standard InChI is InChI=1S/C24H17F3N2O3/c1-13-6-7-14(2)20(10-13)29-22(31)18-9-8-15(11-19(18)23(29)32)21(30)28-17-5-3-4-16(12-17)24(25,26)27/h3-12H,1-2H3,(H,28,30). The Morgan fingerprint density at radius 3 is 2.31 bits per heavy atom. The van der Waals surface area contributed by atoms with E-state index in [1.165, 1.54) is 30.3 Å². The van der Waals surface area contributed by atoms with Crippen LogP contribution < -0.4 is 10.2 Å². The summed E-state index contributed by atoms with van der Waals surface area (Å²) >= 11 is 0. The van der Waals surface area contributed by atoms with Crippen LogP contribution in [0.25, 0.3) is 0 Å². The predicted molar refractivity (Wildman–Crippen MR) is 113 cm³/mol. The lowest BCUT2D eigenvalue weighted by atomic mass is 10.1. The summed E-state index contributed by atoms with van der Waals surface area (Å²) in [6.45, 7) is 3.63. The molecule has 0 aliphatic carbocycles. The second-order valence-corrected chi connectivity index (χ2v) is 7.53. The molecule has 8 heteroatoms. The lowest BCUT2D eigenvalue weighted by Crippen LogP contribution is -2.30. The second kappa shape index (κ2) is 7.64. The van der Waals surface area contributed by atoms with E-state index in [1.54, 1.807) is 13.0 Å². The van der Waals surface area contributed by atoms with Crippen molar-refractivity contribution in [1.29, 1.82) is 0 Å². The van der Waals surface area contributed by atoms with Gasteiger partial charge in [0.1, 0.15) is 0 Å². The highest BCUT2D eigenvalue weighted by atomic mass is 19.4. The first-order valence-corrected chi connectivity index (χ1v) is 9.65. The van der Waals surface area contributed by atoms with Crippen molar-refractivity contribution >= 4 is 29.1 Å². The van der Waals surface area contributed by atoms with Crippen LogP contribution in [0.5, 0.6) is 0 Å². The van der Waals surface area contributed by atoms with Crippen molar-refractivity contribution in [2.75, 3.05) is 10.2 Å². The molecule has 0 saturated carbocycles. The molecule has 1 heterocycles. The number of carbonyl (C=O) groups excluding carboxylic acids is 3. The van der Waals surface area contributed by atoms with Crippen molar-refractivity contribution in [3.05, 3.63) is 94.0 Å². The van der Waals surface area contributed by atoms with E-state index in [0.717, 1.165) is 28.2 Å². The Labute approximate surface area is 181 Å². The van der Waals surface area contributed by atoms with E-state index in [0.29, 0.717) is 5.69 Å². The normalized spacial score (nSPS) is 13.3. The highest BCUT2D eigenvalue weighted by molar-refractivity contribution is 6.35. The summed E-state index contributed by atoms with van der Waals surface area (Å²) in [4.78, 5) is 39.6. The number of hydrogen-bond donors (Lipinski definition) is 1. The van der Waals surface area contributed by atoms with Gasteiger partial charge in [0.15, 0.2) is 0 Å². The summed E-state index contributed by atoms with van der Waals surface area (Å²) in [7, 11) is 0. The molecule has 4 rings (SSSR count). The maximum atomic E-state index is 13.0.